The van der Waals surface area contributed by atoms with E-state index < -0.39 is 5.60 Å². The Labute approximate surface area is 142 Å². The van der Waals surface area contributed by atoms with Gasteiger partial charge in [0.05, 0.1) is 5.60 Å². The molecule has 2 N–H and O–H groups in total. The fourth-order valence-corrected chi connectivity index (χ4v) is 6.05. The molecular formula is C19H24ClNO2. The van der Waals surface area contributed by atoms with Gasteiger partial charge in [0.2, 0.25) is 5.91 Å². The smallest absolute Gasteiger partial charge is 0.220 e. The van der Waals surface area contributed by atoms with Gasteiger partial charge in [0.25, 0.3) is 0 Å². The van der Waals surface area contributed by atoms with Gasteiger partial charge >= 0.3 is 0 Å². The maximum atomic E-state index is 12.5. The number of aliphatic hydroxyl groups is 1. The third kappa shape index (κ3) is 3.01. The lowest BCUT2D eigenvalue weighted by Crippen LogP contribution is -2.56. The SMILES string of the molecule is O=C(CC12CC3CC(CC(O)(C3)C1)C2)NCc1ccccc1Cl. The average molecular weight is 334 g/mol. The summed E-state index contributed by atoms with van der Waals surface area (Å²) in [6.45, 7) is 0.478. The van der Waals surface area contributed by atoms with Crippen LogP contribution in [0, 0.1) is 17.3 Å². The highest BCUT2D eigenvalue weighted by atomic mass is 35.5. The third-order valence-electron chi connectivity index (χ3n) is 6.12. The molecule has 2 atom stereocenters. The Hall–Kier alpha value is -1.06. The molecule has 4 heteroatoms. The summed E-state index contributed by atoms with van der Waals surface area (Å²) in [5.41, 5.74) is 0.489. The standard InChI is InChI=1S/C19H24ClNO2/c20-16-4-2-1-3-15(16)11-21-17(22)10-18-6-13-5-14(7-18)9-19(23,8-13)12-18/h1-4,13-14,23H,5-12H2,(H,21,22). The lowest BCUT2D eigenvalue weighted by molar-refractivity contribution is -0.169. The first kappa shape index (κ1) is 15.5. The summed E-state index contributed by atoms with van der Waals surface area (Å²) in [6, 6.07) is 7.61. The van der Waals surface area contributed by atoms with E-state index >= 15 is 0 Å². The van der Waals surface area contributed by atoms with Gasteiger partial charge in [0.15, 0.2) is 0 Å². The monoisotopic (exact) mass is 333 g/mol. The Morgan fingerprint density at radius 1 is 1.22 bits per heavy atom. The minimum absolute atomic E-state index is 0.0311. The Bertz CT molecular complexity index is 616. The highest BCUT2D eigenvalue weighted by molar-refractivity contribution is 6.31. The molecule has 0 aromatic heterocycles. The molecule has 2 unspecified atom stereocenters. The Balaban J connectivity index is 1.40. The summed E-state index contributed by atoms with van der Waals surface area (Å²) < 4.78 is 0. The van der Waals surface area contributed by atoms with Gasteiger partial charge in [-0.05, 0) is 67.4 Å². The van der Waals surface area contributed by atoms with E-state index in [1.54, 1.807) is 0 Å². The molecule has 4 aliphatic rings. The summed E-state index contributed by atoms with van der Waals surface area (Å²) in [4.78, 5) is 12.5. The van der Waals surface area contributed by atoms with Crippen LogP contribution in [0.25, 0.3) is 0 Å². The molecule has 1 aromatic carbocycles. The highest BCUT2D eigenvalue weighted by Gasteiger charge is 2.57. The van der Waals surface area contributed by atoms with Gasteiger partial charge in [-0.2, -0.15) is 0 Å². The van der Waals surface area contributed by atoms with E-state index in [9.17, 15) is 9.90 Å². The van der Waals surface area contributed by atoms with Crippen molar-refractivity contribution in [1.82, 2.24) is 5.32 Å². The van der Waals surface area contributed by atoms with Crippen LogP contribution in [0.4, 0.5) is 0 Å². The average Bonchev–Trinajstić information content (AvgIpc) is 2.43. The summed E-state index contributed by atoms with van der Waals surface area (Å²) in [6.07, 6.45) is 6.75. The van der Waals surface area contributed by atoms with Crippen LogP contribution in [-0.4, -0.2) is 16.6 Å². The van der Waals surface area contributed by atoms with Gasteiger partial charge < -0.3 is 10.4 Å². The van der Waals surface area contributed by atoms with E-state index in [1.807, 2.05) is 24.3 Å². The first-order valence-electron chi connectivity index (χ1n) is 8.68. The van der Waals surface area contributed by atoms with Gasteiger partial charge in [0, 0.05) is 18.0 Å². The molecular weight excluding hydrogens is 310 g/mol. The summed E-state index contributed by atoms with van der Waals surface area (Å²) in [5.74, 6) is 1.34. The van der Waals surface area contributed by atoms with Crippen molar-refractivity contribution < 1.29 is 9.90 Å². The largest absolute Gasteiger partial charge is 0.390 e. The molecule has 4 aliphatic carbocycles. The van der Waals surface area contributed by atoms with E-state index in [0.717, 1.165) is 37.7 Å². The van der Waals surface area contributed by atoms with Crippen LogP contribution < -0.4 is 5.32 Å². The van der Waals surface area contributed by atoms with Gasteiger partial charge in [-0.25, -0.2) is 0 Å². The van der Waals surface area contributed by atoms with Gasteiger partial charge in [-0.3, -0.25) is 4.79 Å². The van der Waals surface area contributed by atoms with Crippen LogP contribution in [0.3, 0.4) is 0 Å². The number of hydrogen-bond acceptors (Lipinski definition) is 2. The topological polar surface area (TPSA) is 49.3 Å². The van der Waals surface area contributed by atoms with Crippen molar-refractivity contribution in [2.45, 2.75) is 57.1 Å². The zero-order valence-corrected chi connectivity index (χ0v) is 14.1. The van der Waals surface area contributed by atoms with Crippen LogP contribution in [0.5, 0.6) is 0 Å². The molecule has 4 saturated carbocycles. The normalized spacial score (nSPS) is 37.8. The first-order chi connectivity index (χ1) is 11.0. The van der Waals surface area contributed by atoms with Gasteiger partial charge in [0.1, 0.15) is 0 Å². The van der Waals surface area contributed by atoms with Crippen LogP contribution in [0.1, 0.15) is 50.5 Å². The third-order valence-corrected chi connectivity index (χ3v) is 6.49. The highest BCUT2D eigenvalue weighted by Crippen LogP contribution is 2.62. The zero-order chi connectivity index (χ0) is 16.1. The van der Waals surface area contributed by atoms with E-state index in [0.29, 0.717) is 29.8 Å². The minimum Gasteiger partial charge on any atom is -0.390 e. The van der Waals surface area contributed by atoms with E-state index in [4.69, 9.17) is 11.6 Å². The minimum atomic E-state index is -0.493. The van der Waals surface area contributed by atoms with Crippen molar-refractivity contribution in [3.8, 4) is 0 Å². The molecule has 23 heavy (non-hydrogen) atoms. The molecule has 4 bridgehead atoms. The molecule has 0 radical (unpaired) electrons. The van der Waals surface area contributed by atoms with Crippen LogP contribution in [-0.2, 0) is 11.3 Å². The van der Waals surface area contributed by atoms with Crippen molar-refractivity contribution in [3.05, 3.63) is 34.9 Å². The number of carbonyl (C=O) groups excluding carboxylic acids is 1. The van der Waals surface area contributed by atoms with Crippen LogP contribution >= 0.6 is 11.6 Å². The predicted octanol–water partition coefficient (Wildman–Crippen LogP) is 3.68. The van der Waals surface area contributed by atoms with Gasteiger partial charge in [-0.15, -0.1) is 0 Å². The number of benzene rings is 1. The van der Waals surface area contributed by atoms with Gasteiger partial charge in [-0.1, -0.05) is 29.8 Å². The maximum Gasteiger partial charge on any atom is 0.220 e. The van der Waals surface area contributed by atoms with E-state index in [-0.39, 0.29) is 11.3 Å². The van der Waals surface area contributed by atoms with Crippen molar-refractivity contribution in [2.24, 2.45) is 17.3 Å². The Kier molecular flexibility index (Phi) is 3.69. The molecule has 3 nitrogen and oxygen atoms in total. The molecule has 0 spiro atoms. The molecule has 1 aromatic rings. The quantitative estimate of drug-likeness (QED) is 0.883. The molecule has 0 aliphatic heterocycles. The Morgan fingerprint density at radius 3 is 2.57 bits per heavy atom. The van der Waals surface area contributed by atoms with E-state index in [1.165, 1.54) is 6.42 Å². The second kappa shape index (κ2) is 5.49. The fourth-order valence-electron chi connectivity index (χ4n) is 5.85. The summed E-state index contributed by atoms with van der Waals surface area (Å²) >= 11 is 6.14. The first-order valence-corrected chi connectivity index (χ1v) is 9.06. The lowest BCUT2D eigenvalue weighted by Gasteiger charge is -2.60. The fraction of sp³-hybridized carbons (Fsp3) is 0.632. The molecule has 4 fully saturated rings. The maximum absolute atomic E-state index is 12.5. The number of carbonyl (C=O) groups is 1. The number of hydrogen-bond donors (Lipinski definition) is 2. The number of halogens is 1. The zero-order valence-electron chi connectivity index (χ0n) is 13.4. The number of nitrogens with one attached hydrogen (secondary N) is 1. The van der Waals surface area contributed by atoms with Crippen molar-refractivity contribution in [2.75, 3.05) is 0 Å². The Morgan fingerprint density at radius 2 is 1.91 bits per heavy atom. The number of rotatable bonds is 4. The van der Waals surface area contributed by atoms with Crippen LogP contribution in [0.2, 0.25) is 5.02 Å². The second-order valence-corrected chi connectivity index (χ2v) is 8.64. The molecule has 124 valence electrons. The molecule has 0 saturated heterocycles. The lowest BCUT2D eigenvalue weighted by atomic mass is 9.47. The molecule has 5 rings (SSSR count). The van der Waals surface area contributed by atoms with Crippen molar-refractivity contribution in [3.63, 3.8) is 0 Å². The number of amides is 1. The predicted molar refractivity (Wildman–Crippen MR) is 90.0 cm³/mol. The molecule has 0 heterocycles. The summed E-state index contributed by atoms with van der Waals surface area (Å²) in [7, 11) is 0. The van der Waals surface area contributed by atoms with Crippen LogP contribution in [0.15, 0.2) is 24.3 Å². The summed E-state index contributed by atoms with van der Waals surface area (Å²) in [5, 5.41) is 14.5. The van der Waals surface area contributed by atoms with Crippen molar-refractivity contribution in [1.29, 1.82) is 0 Å². The van der Waals surface area contributed by atoms with E-state index in [2.05, 4.69) is 5.32 Å². The molecule has 1 amide bonds. The van der Waals surface area contributed by atoms with Crippen molar-refractivity contribution >= 4 is 17.5 Å². The second-order valence-electron chi connectivity index (χ2n) is 8.23.